The van der Waals surface area contributed by atoms with E-state index in [0.717, 1.165) is 39.0 Å². The van der Waals surface area contributed by atoms with E-state index in [9.17, 15) is 18.0 Å². The van der Waals surface area contributed by atoms with Crippen LogP contribution in [0.1, 0.15) is 45.2 Å². The van der Waals surface area contributed by atoms with Crippen molar-refractivity contribution in [3.8, 4) is 0 Å². The van der Waals surface area contributed by atoms with Crippen LogP contribution < -0.4 is 9.62 Å². The lowest BCUT2D eigenvalue weighted by atomic mass is 10.1. The third kappa shape index (κ3) is 7.84. The van der Waals surface area contributed by atoms with Crippen LogP contribution in [0, 0.1) is 0 Å². The monoisotopic (exact) mass is 551 g/mol. The lowest BCUT2D eigenvalue weighted by Gasteiger charge is -2.32. The molecule has 34 heavy (non-hydrogen) atoms. The molecule has 0 aromatic heterocycles. The Bertz CT molecular complexity index is 1090. The average molecular weight is 553 g/mol. The summed E-state index contributed by atoms with van der Waals surface area (Å²) in [6, 6.07) is 13.7. The van der Waals surface area contributed by atoms with Gasteiger partial charge < -0.3 is 10.2 Å². The Hall–Kier alpha value is -2.39. The zero-order chi connectivity index (χ0) is 25.5. The average Bonchev–Trinajstić information content (AvgIpc) is 2.79. The Morgan fingerprint density at radius 1 is 1.03 bits per heavy atom. The summed E-state index contributed by atoms with van der Waals surface area (Å²) >= 11 is 3.44. The predicted octanol–water partition coefficient (Wildman–Crippen LogP) is 4.11. The molecular formula is C25H34BrN3O4S. The highest BCUT2D eigenvalue weighted by atomic mass is 79.9. The predicted molar refractivity (Wildman–Crippen MR) is 140 cm³/mol. The third-order valence-electron chi connectivity index (χ3n) is 5.72. The summed E-state index contributed by atoms with van der Waals surface area (Å²) in [6.45, 7) is 7.30. The number of amides is 2. The van der Waals surface area contributed by atoms with Crippen LogP contribution in [0.2, 0.25) is 0 Å². The van der Waals surface area contributed by atoms with Gasteiger partial charge in [0, 0.05) is 17.1 Å². The molecule has 0 aliphatic rings. The fourth-order valence-electron chi connectivity index (χ4n) is 3.39. The summed E-state index contributed by atoms with van der Waals surface area (Å²) in [4.78, 5) is 27.8. The molecule has 0 fully saturated rings. The smallest absolute Gasteiger partial charge is 0.244 e. The minimum Gasteiger partial charge on any atom is -0.352 e. The van der Waals surface area contributed by atoms with Crippen LogP contribution in [0.5, 0.6) is 0 Å². The molecule has 2 rings (SSSR count). The van der Waals surface area contributed by atoms with Gasteiger partial charge in [0.1, 0.15) is 12.6 Å². The number of aryl methyl sites for hydroxylation is 1. The number of carbonyl (C=O) groups is 2. The first kappa shape index (κ1) is 27.9. The van der Waals surface area contributed by atoms with E-state index >= 15 is 0 Å². The van der Waals surface area contributed by atoms with Crippen LogP contribution in [0.15, 0.2) is 53.0 Å². The maximum Gasteiger partial charge on any atom is 0.244 e. The summed E-state index contributed by atoms with van der Waals surface area (Å²) in [6.07, 6.45) is 2.65. The van der Waals surface area contributed by atoms with E-state index in [0.29, 0.717) is 5.69 Å². The van der Waals surface area contributed by atoms with Crippen LogP contribution in [0.4, 0.5) is 5.69 Å². The van der Waals surface area contributed by atoms with Gasteiger partial charge in [-0.1, -0.05) is 54.0 Å². The second-order valence-electron chi connectivity index (χ2n) is 8.44. The van der Waals surface area contributed by atoms with Crippen molar-refractivity contribution in [1.82, 2.24) is 10.2 Å². The molecule has 0 spiro atoms. The molecule has 0 heterocycles. The van der Waals surface area contributed by atoms with Gasteiger partial charge in [-0.05, 0) is 62.1 Å². The number of nitrogens with one attached hydrogen (secondary N) is 1. The molecule has 0 radical (unpaired) electrons. The second kappa shape index (κ2) is 12.4. The Labute approximate surface area is 211 Å². The van der Waals surface area contributed by atoms with E-state index in [1.165, 1.54) is 4.90 Å². The Morgan fingerprint density at radius 3 is 2.21 bits per heavy atom. The Balaban J connectivity index is 2.37. The van der Waals surface area contributed by atoms with Gasteiger partial charge in [-0.3, -0.25) is 13.9 Å². The van der Waals surface area contributed by atoms with Gasteiger partial charge in [0.15, 0.2) is 0 Å². The van der Waals surface area contributed by atoms with Crippen LogP contribution in [0.3, 0.4) is 0 Å². The maximum absolute atomic E-state index is 13.5. The lowest BCUT2D eigenvalue weighted by molar-refractivity contribution is -0.139. The van der Waals surface area contributed by atoms with Crippen molar-refractivity contribution in [2.45, 2.75) is 59.2 Å². The van der Waals surface area contributed by atoms with E-state index in [1.54, 1.807) is 19.1 Å². The number of rotatable bonds is 11. The molecule has 0 saturated heterocycles. The SMILES string of the molecule is CCc1ccc(N(CC(=O)N(Cc2cccc(Br)c2)[C@H](C)C(=O)N[C@@H](C)CC)S(C)(=O)=O)cc1. The van der Waals surface area contributed by atoms with Crippen molar-refractivity contribution in [3.63, 3.8) is 0 Å². The van der Waals surface area contributed by atoms with Crippen molar-refractivity contribution in [2.75, 3.05) is 17.1 Å². The molecule has 0 saturated carbocycles. The number of halogens is 1. The molecule has 0 aliphatic carbocycles. The van der Waals surface area contributed by atoms with E-state index in [4.69, 9.17) is 0 Å². The van der Waals surface area contributed by atoms with Gasteiger partial charge in [-0.2, -0.15) is 0 Å². The van der Waals surface area contributed by atoms with Gasteiger partial charge in [0.05, 0.1) is 11.9 Å². The zero-order valence-corrected chi connectivity index (χ0v) is 22.8. The molecule has 1 N–H and O–H groups in total. The number of hydrogen-bond donors (Lipinski definition) is 1. The summed E-state index contributed by atoms with van der Waals surface area (Å²) < 4.78 is 27.1. The van der Waals surface area contributed by atoms with E-state index in [1.807, 2.05) is 57.2 Å². The first-order valence-electron chi connectivity index (χ1n) is 11.4. The van der Waals surface area contributed by atoms with E-state index < -0.39 is 28.5 Å². The number of nitrogens with zero attached hydrogens (tertiary/aromatic N) is 2. The molecule has 0 aliphatic heterocycles. The zero-order valence-electron chi connectivity index (χ0n) is 20.4. The number of anilines is 1. The van der Waals surface area contributed by atoms with Gasteiger partial charge in [0.25, 0.3) is 0 Å². The van der Waals surface area contributed by atoms with Crippen LogP contribution in [-0.4, -0.2) is 50.0 Å². The molecule has 0 bridgehead atoms. The molecule has 186 valence electrons. The van der Waals surface area contributed by atoms with Crippen molar-refractivity contribution >= 4 is 43.5 Å². The number of carbonyl (C=O) groups excluding carboxylic acids is 2. The minimum atomic E-state index is -3.74. The van der Waals surface area contributed by atoms with Crippen LogP contribution in [-0.2, 0) is 32.6 Å². The molecule has 2 amide bonds. The fraction of sp³-hybridized carbons (Fsp3) is 0.440. The molecule has 0 unspecified atom stereocenters. The first-order valence-corrected chi connectivity index (χ1v) is 14.0. The van der Waals surface area contributed by atoms with Crippen LogP contribution in [0.25, 0.3) is 0 Å². The molecule has 2 aromatic carbocycles. The molecule has 2 aromatic rings. The summed E-state index contributed by atoms with van der Waals surface area (Å²) in [5, 5.41) is 2.92. The van der Waals surface area contributed by atoms with Gasteiger partial charge >= 0.3 is 0 Å². The topological polar surface area (TPSA) is 86.8 Å². The number of sulfonamides is 1. The molecule has 9 heteroatoms. The van der Waals surface area contributed by atoms with Gasteiger partial charge in [0.2, 0.25) is 21.8 Å². The lowest BCUT2D eigenvalue weighted by Crippen LogP contribution is -2.52. The van der Waals surface area contributed by atoms with Crippen molar-refractivity contribution in [1.29, 1.82) is 0 Å². The number of hydrogen-bond acceptors (Lipinski definition) is 4. The first-order chi connectivity index (χ1) is 16.0. The largest absolute Gasteiger partial charge is 0.352 e. The highest BCUT2D eigenvalue weighted by molar-refractivity contribution is 9.10. The molecule has 2 atom stereocenters. The standard InChI is InChI=1S/C25H34BrN3O4S/c1-6-18(3)27-25(31)19(4)28(16-21-9-8-10-22(26)15-21)24(30)17-29(34(5,32)33)23-13-11-20(7-2)12-14-23/h8-15,18-19H,6-7,16-17H2,1-5H3,(H,27,31)/t18-,19+/m0/s1. The summed E-state index contributed by atoms with van der Waals surface area (Å²) in [7, 11) is -3.74. The maximum atomic E-state index is 13.5. The van der Waals surface area contributed by atoms with E-state index in [-0.39, 0.29) is 18.5 Å². The van der Waals surface area contributed by atoms with Crippen molar-refractivity contribution < 1.29 is 18.0 Å². The normalized spacial score (nSPS) is 13.1. The Morgan fingerprint density at radius 2 is 1.68 bits per heavy atom. The van der Waals surface area contributed by atoms with Crippen molar-refractivity contribution in [2.24, 2.45) is 0 Å². The minimum absolute atomic E-state index is 0.0395. The van der Waals surface area contributed by atoms with Gasteiger partial charge in [-0.25, -0.2) is 8.42 Å². The number of benzene rings is 2. The quantitative estimate of drug-likeness (QED) is 0.455. The third-order valence-corrected chi connectivity index (χ3v) is 7.36. The van der Waals surface area contributed by atoms with Gasteiger partial charge in [-0.15, -0.1) is 0 Å². The summed E-state index contributed by atoms with van der Waals surface area (Å²) in [5.74, 6) is -0.743. The second-order valence-corrected chi connectivity index (χ2v) is 11.3. The van der Waals surface area contributed by atoms with E-state index in [2.05, 4.69) is 21.2 Å². The summed E-state index contributed by atoms with van der Waals surface area (Å²) in [5.41, 5.74) is 2.30. The highest BCUT2D eigenvalue weighted by Crippen LogP contribution is 2.21. The fourth-order valence-corrected chi connectivity index (χ4v) is 4.69. The highest BCUT2D eigenvalue weighted by Gasteiger charge is 2.30. The Kier molecular flexibility index (Phi) is 10.1. The van der Waals surface area contributed by atoms with Crippen molar-refractivity contribution in [3.05, 3.63) is 64.1 Å². The van der Waals surface area contributed by atoms with Crippen LogP contribution >= 0.6 is 15.9 Å². The molecule has 7 nitrogen and oxygen atoms in total. The molecular weight excluding hydrogens is 518 g/mol.